The third-order valence-corrected chi connectivity index (χ3v) is 5.30. The van der Waals surface area contributed by atoms with Crippen molar-refractivity contribution in [2.75, 3.05) is 26.2 Å². The highest BCUT2D eigenvalue weighted by molar-refractivity contribution is 6.31. The number of halogens is 2. The fourth-order valence-corrected chi connectivity index (χ4v) is 3.90. The maximum absolute atomic E-state index is 6.16. The highest BCUT2D eigenvalue weighted by atomic mass is 35.5. The summed E-state index contributed by atoms with van der Waals surface area (Å²) >= 11 is 12.1. The minimum absolute atomic E-state index is 0.697. The molecular formula is C20H19Cl2NO. The van der Waals surface area contributed by atoms with Crippen molar-refractivity contribution in [3.63, 3.8) is 0 Å². The van der Waals surface area contributed by atoms with Crippen molar-refractivity contribution in [3.8, 4) is 5.75 Å². The molecule has 0 radical (unpaired) electrons. The van der Waals surface area contributed by atoms with E-state index in [1.165, 1.54) is 16.7 Å². The fourth-order valence-electron chi connectivity index (χ4n) is 3.61. The summed E-state index contributed by atoms with van der Waals surface area (Å²) in [5.41, 5.74) is 5.85. The van der Waals surface area contributed by atoms with Gasteiger partial charge in [-0.2, -0.15) is 0 Å². The lowest BCUT2D eigenvalue weighted by atomic mass is 9.99. The first-order valence-corrected chi connectivity index (χ1v) is 9.05. The molecule has 0 atom stereocenters. The molecule has 1 aliphatic heterocycles. The second kappa shape index (κ2) is 6.79. The Morgan fingerprint density at radius 1 is 1.00 bits per heavy atom. The summed E-state index contributed by atoms with van der Waals surface area (Å²) in [5, 5.41) is 1.57. The third kappa shape index (κ3) is 3.32. The Balaban J connectivity index is 1.34. The van der Waals surface area contributed by atoms with Gasteiger partial charge in [0.05, 0.1) is 0 Å². The van der Waals surface area contributed by atoms with E-state index in [0.29, 0.717) is 6.61 Å². The zero-order valence-corrected chi connectivity index (χ0v) is 14.9. The summed E-state index contributed by atoms with van der Waals surface area (Å²) in [6.45, 7) is 3.75. The van der Waals surface area contributed by atoms with E-state index >= 15 is 0 Å². The van der Waals surface area contributed by atoms with Crippen LogP contribution in [0.25, 0.3) is 5.57 Å². The monoisotopic (exact) mass is 359 g/mol. The van der Waals surface area contributed by atoms with Gasteiger partial charge in [0.2, 0.25) is 0 Å². The van der Waals surface area contributed by atoms with Crippen molar-refractivity contribution in [1.29, 1.82) is 0 Å². The van der Waals surface area contributed by atoms with Gasteiger partial charge in [0.1, 0.15) is 12.4 Å². The van der Waals surface area contributed by atoms with Crippen molar-refractivity contribution in [1.82, 2.24) is 4.90 Å². The molecule has 4 heteroatoms. The molecule has 0 amide bonds. The Morgan fingerprint density at radius 3 is 2.62 bits per heavy atom. The molecule has 2 nitrogen and oxygen atoms in total. The summed E-state index contributed by atoms with van der Waals surface area (Å²) in [7, 11) is 0. The van der Waals surface area contributed by atoms with Crippen molar-refractivity contribution >= 4 is 28.8 Å². The van der Waals surface area contributed by atoms with Crippen LogP contribution in [0.15, 0.2) is 48.0 Å². The second-order valence-electron chi connectivity index (χ2n) is 6.39. The molecule has 124 valence electrons. The number of ether oxygens (including phenoxy) is 1. The third-order valence-electron chi connectivity index (χ3n) is 4.81. The summed E-state index contributed by atoms with van der Waals surface area (Å²) < 4.78 is 5.82. The average Bonchev–Trinajstić information content (AvgIpc) is 2.94. The number of hydrogen-bond donors (Lipinski definition) is 0. The predicted octanol–water partition coefficient (Wildman–Crippen LogP) is 5.09. The lowest BCUT2D eigenvalue weighted by Crippen LogP contribution is -2.34. The van der Waals surface area contributed by atoms with E-state index in [1.807, 2.05) is 30.3 Å². The molecule has 1 heterocycles. The van der Waals surface area contributed by atoms with Crippen LogP contribution in [0.1, 0.15) is 17.5 Å². The van der Waals surface area contributed by atoms with Gasteiger partial charge in [0.15, 0.2) is 0 Å². The second-order valence-corrected chi connectivity index (χ2v) is 7.26. The van der Waals surface area contributed by atoms with Gasteiger partial charge in [0.25, 0.3) is 0 Å². The SMILES string of the molecule is Clc1ccc(OCCN2CCC3=C(Cc4ccc(Cl)cc43)C2)cc1. The number of benzene rings is 2. The quantitative estimate of drug-likeness (QED) is 0.753. The van der Waals surface area contributed by atoms with E-state index in [4.69, 9.17) is 27.9 Å². The largest absolute Gasteiger partial charge is 0.492 e. The Bertz CT molecular complexity index is 783. The van der Waals surface area contributed by atoms with Gasteiger partial charge in [-0.3, -0.25) is 4.90 Å². The van der Waals surface area contributed by atoms with Crippen LogP contribution in [0.4, 0.5) is 0 Å². The zero-order chi connectivity index (χ0) is 16.5. The van der Waals surface area contributed by atoms with Crippen LogP contribution < -0.4 is 4.74 Å². The topological polar surface area (TPSA) is 12.5 Å². The maximum atomic E-state index is 6.16. The highest BCUT2D eigenvalue weighted by Crippen LogP contribution is 2.39. The molecule has 0 N–H and O–H groups in total. The molecule has 0 unspecified atom stereocenters. The van der Waals surface area contributed by atoms with Crippen LogP contribution in [0.3, 0.4) is 0 Å². The van der Waals surface area contributed by atoms with Gasteiger partial charge in [-0.1, -0.05) is 29.3 Å². The molecule has 0 bridgehead atoms. The van der Waals surface area contributed by atoms with Crippen molar-refractivity contribution in [2.24, 2.45) is 0 Å². The zero-order valence-electron chi connectivity index (χ0n) is 13.4. The maximum Gasteiger partial charge on any atom is 0.119 e. The van der Waals surface area contributed by atoms with E-state index in [2.05, 4.69) is 17.0 Å². The standard InChI is InChI=1S/C20H19Cl2NO/c21-16-3-5-18(6-4-16)24-10-9-23-8-7-19-15(13-23)11-14-1-2-17(22)12-20(14)19/h1-6,12H,7-11,13H2. The van der Waals surface area contributed by atoms with Gasteiger partial charge in [-0.15, -0.1) is 0 Å². The Labute approximate surface area is 152 Å². The van der Waals surface area contributed by atoms with E-state index < -0.39 is 0 Å². The van der Waals surface area contributed by atoms with E-state index in [-0.39, 0.29) is 0 Å². The minimum atomic E-state index is 0.697. The van der Waals surface area contributed by atoms with Crippen LogP contribution in [-0.4, -0.2) is 31.1 Å². The molecule has 2 aromatic carbocycles. The average molecular weight is 360 g/mol. The van der Waals surface area contributed by atoms with Gasteiger partial charge < -0.3 is 4.74 Å². The first-order chi connectivity index (χ1) is 11.7. The fraction of sp³-hybridized carbons (Fsp3) is 0.300. The lowest BCUT2D eigenvalue weighted by Gasteiger charge is -2.28. The van der Waals surface area contributed by atoms with Crippen molar-refractivity contribution < 1.29 is 4.74 Å². The Hall–Kier alpha value is -1.48. The summed E-state index contributed by atoms with van der Waals surface area (Å²) in [5.74, 6) is 0.874. The van der Waals surface area contributed by atoms with Crippen LogP contribution >= 0.6 is 23.2 Å². The first kappa shape index (κ1) is 16.0. The molecule has 4 rings (SSSR count). The molecule has 1 aliphatic carbocycles. The normalized spacial score (nSPS) is 16.9. The Kier molecular flexibility index (Phi) is 4.53. The van der Waals surface area contributed by atoms with Gasteiger partial charge in [0, 0.05) is 29.7 Å². The number of fused-ring (bicyclic) bond motifs is 2. The highest BCUT2D eigenvalue weighted by Gasteiger charge is 2.26. The summed E-state index contributed by atoms with van der Waals surface area (Å²) in [4.78, 5) is 2.47. The van der Waals surface area contributed by atoms with E-state index in [1.54, 1.807) is 5.57 Å². The minimum Gasteiger partial charge on any atom is -0.492 e. The van der Waals surface area contributed by atoms with Gasteiger partial charge >= 0.3 is 0 Å². The molecule has 0 fully saturated rings. The van der Waals surface area contributed by atoms with Crippen LogP contribution in [0.5, 0.6) is 5.75 Å². The summed E-state index contributed by atoms with van der Waals surface area (Å²) in [6, 6.07) is 13.8. The molecule has 0 spiro atoms. The van der Waals surface area contributed by atoms with E-state index in [9.17, 15) is 0 Å². The molecule has 24 heavy (non-hydrogen) atoms. The first-order valence-electron chi connectivity index (χ1n) is 8.29. The van der Waals surface area contributed by atoms with Crippen molar-refractivity contribution in [3.05, 3.63) is 69.2 Å². The van der Waals surface area contributed by atoms with E-state index in [0.717, 1.165) is 48.3 Å². The van der Waals surface area contributed by atoms with Gasteiger partial charge in [-0.05, 0) is 71.5 Å². The number of nitrogens with zero attached hydrogens (tertiary/aromatic N) is 1. The predicted molar refractivity (Wildman–Crippen MR) is 100 cm³/mol. The molecule has 0 saturated carbocycles. The Morgan fingerprint density at radius 2 is 1.79 bits per heavy atom. The summed E-state index contributed by atoms with van der Waals surface area (Å²) in [6.07, 6.45) is 2.17. The lowest BCUT2D eigenvalue weighted by molar-refractivity contribution is 0.218. The molecule has 0 aromatic heterocycles. The van der Waals surface area contributed by atoms with Crippen LogP contribution in [0, 0.1) is 0 Å². The molecular weight excluding hydrogens is 341 g/mol. The smallest absolute Gasteiger partial charge is 0.119 e. The van der Waals surface area contributed by atoms with Crippen molar-refractivity contribution in [2.45, 2.75) is 12.8 Å². The number of hydrogen-bond acceptors (Lipinski definition) is 2. The number of rotatable bonds is 4. The van der Waals surface area contributed by atoms with Crippen LogP contribution in [0.2, 0.25) is 10.0 Å². The molecule has 2 aliphatic rings. The molecule has 2 aromatic rings. The van der Waals surface area contributed by atoms with Gasteiger partial charge in [-0.25, -0.2) is 0 Å². The van der Waals surface area contributed by atoms with Crippen LogP contribution in [-0.2, 0) is 6.42 Å². The molecule has 0 saturated heterocycles.